The highest BCUT2D eigenvalue weighted by atomic mass is 31.1. The normalized spacial score (nSPS) is 13.0. The Morgan fingerprint density at radius 3 is 1.13 bits per heavy atom. The van der Waals surface area contributed by atoms with Gasteiger partial charge in [-0.1, -0.05) is 18.2 Å². The minimum Gasteiger partial charge on any atom is -0.480 e. The van der Waals surface area contributed by atoms with Crippen LogP contribution in [0.15, 0.2) is 152 Å². The van der Waals surface area contributed by atoms with E-state index in [4.69, 9.17) is 56.3 Å². The van der Waals surface area contributed by atoms with Crippen molar-refractivity contribution in [2.75, 3.05) is 24.6 Å². The first-order valence-corrected chi connectivity index (χ1v) is 32.7. The van der Waals surface area contributed by atoms with Crippen LogP contribution in [0.5, 0.6) is 34.5 Å². The van der Waals surface area contributed by atoms with Crippen LogP contribution in [0.25, 0.3) is 22.3 Å². The maximum atomic E-state index is 15.0. The number of carbonyl (C=O) groups is 2. The quantitative estimate of drug-likeness (QED) is 0.0148. The molecule has 0 saturated carbocycles. The van der Waals surface area contributed by atoms with Gasteiger partial charge in [0.25, 0.3) is 11.8 Å². The summed E-state index contributed by atoms with van der Waals surface area (Å²) in [6.07, 6.45) is -13.2. The fraction of sp³-hybridized carbons (Fsp3) is 0.312. The van der Waals surface area contributed by atoms with E-state index in [0.717, 1.165) is 24.3 Å². The van der Waals surface area contributed by atoms with Crippen molar-refractivity contribution in [3.63, 3.8) is 0 Å². The molecule has 480 valence electrons. The van der Waals surface area contributed by atoms with Crippen LogP contribution in [-0.2, 0) is 43.5 Å². The summed E-state index contributed by atoms with van der Waals surface area (Å²) in [6, 6.07) is 34.6. The lowest BCUT2D eigenvalue weighted by Gasteiger charge is -2.33. The number of halogens is 6. The van der Waals surface area contributed by atoms with Crippen molar-refractivity contribution in [3.8, 4) is 56.8 Å². The predicted octanol–water partition coefficient (Wildman–Crippen LogP) is 14.7. The lowest BCUT2D eigenvalue weighted by atomic mass is 9.96. The summed E-state index contributed by atoms with van der Waals surface area (Å²) in [5, 5.41) is 5.66. The maximum Gasteiger partial charge on any atom is 0.750 e. The van der Waals surface area contributed by atoms with Gasteiger partial charge in [0.05, 0.1) is 28.6 Å². The van der Waals surface area contributed by atoms with Gasteiger partial charge in [0, 0.05) is 60.0 Å². The first-order chi connectivity index (χ1) is 42.4. The van der Waals surface area contributed by atoms with Crippen LogP contribution < -0.4 is 45.7 Å². The van der Waals surface area contributed by atoms with E-state index in [-0.39, 0.29) is 75.5 Å². The number of anilines is 2. The topological polar surface area (TPSA) is 220 Å². The number of ether oxygens (including phenoxy) is 2. The monoisotopic (exact) mass is 1300 g/mol. The molecule has 17 nitrogen and oxygen atoms in total. The van der Waals surface area contributed by atoms with E-state index >= 15 is 13.2 Å². The van der Waals surface area contributed by atoms with Gasteiger partial charge in [0.1, 0.15) is 34.5 Å². The van der Waals surface area contributed by atoms with Crippen LogP contribution in [-0.4, -0.2) is 79.6 Å². The first kappa shape index (κ1) is 69.6. The highest BCUT2D eigenvalue weighted by molar-refractivity contribution is 7.34. The number of nitrogens with one attached hydrogen (secondary N) is 2. The zero-order valence-corrected chi connectivity index (χ0v) is 53.9. The van der Waals surface area contributed by atoms with Gasteiger partial charge in [-0.15, -0.1) is 0 Å². The summed E-state index contributed by atoms with van der Waals surface area (Å²) in [6.45, 7) is 17.5. The minimum atomic E-state index is -4.99. The van der Waals surface area contributed by atoms with Crippen molar-refractivity contribution in [1.29, 1.82) is 0 Å². The largest absolute Gasteiger partial charge is 0.750 e. The third-order valence-corrected chi connectivity index (χ3v) is 18.5. The van der Waals surface area contributed by atoms with Crippen molar-refractivity contribution >= 4 is 55.0 Å². The van der Waals surface area contributed by atoms with Crippen LogP contribution in [0, 0.1) is 0 Å². The van der Waals surface area contributed by atoms with Crippen molar-refractivity contribution in [3.05, 3.63) is 174 Å². The number of hydrogen-bond donors (Lipinski definition) is 4. The Morgan fingerprint density at radius 1 is 0.444 bits per heavy atom. The Labute approximate surface area is 522 Å². The molecule has 2 unspecified atom stereocenters. The molecule has 0 aliphatic rings. The van der Waals surface area contributed by atoms with E-state index < -0.39 is 98.2 Å². The Balaban J connectivity index is 1.08. The van der Waals surface area contributed by atoms with Crippen molar-refractivity contribution in [2.24, 2.45) is 0 Å². The number of carbonyl (C=O) groups excluding carboxylic acids is 2. The number of benzene rings is 7. The van der Waals surface area contributed by atoms with Crippen LogP contribution in [0.1, 0.15) is 101 Å². The maximum absolute atomic E-state index is 15.0. The summed E-state index contributed by atoms with van der Waals surface area (Å²) in [7, 11) is -8.77. The standard InChI is InChI=1S/C64H71F6N4O13PSi2/c1-38(2)80-89(81-39(3)4,84-42(9)36-73-61(75)44-11-18-49(71)19-12-44)86-53-26-22-51(23-27-53)78-58-30-15-47(34-56(58)63(65,66)67)46-17-32-60(88-77)55(33-46)48-16-31-59(57(35-48)64(68,69)70)79-52-24-28-54(29-25-52)87-90(82-40(5)6,83-41(7)8)85-43(10)37-74-62(76)45-13-20-50(72)21-14-45/h11-35,38-43H,36-37,71-72H2,1-10H3,(H,73,75)(H,74,76). The molecule has 7 rings (SSSR count). The Hall–Kier alpha value is -7.85. The van der Waals surface area contributed by atoms with Gasteiger partial charge in [0.15, 0.2) is 8.46 Å². The third kappa shape index (κ3) is 19.8. The highest BCUT2D eigenvalue weighted by Crippen LogP contribution is 2.44. The average Bonchev–Trinajstić information content (AvgIpc) is 0.851. The molecule has 26 heteroatoms. The van der Waals surface area contributed by atoms with E-state index in [2.05, 4.69) is 10.6 Å². The number of nitrogens with two attached hydrogens (primary N) is 2. The Bertz CT molecular complexity index is 3530. The molecule has 0 fully saturated rings. The second kappa shape index (κ2) is 30.3. The zero-order chi connectivity index (χ0) is 65.7. The van der Waals surface area contributed by atoms with Crippen LogP contribution >= 0.6 is 8.46 Å². The molecule has 0 spiro atoms. The second-order valence-corrected chi connectivity index (χ2v) is 26.3. The molecule has 2 amide bonds. The summed E-state index contributed by atoms with van der Waals surface area (Å²) in [5.41, 5.74) is 11.0. The number of amides is 2. The van der Waals surface area contributed by atoms with Crippen molar-refractivity contribution < 1.29 is 85.4 Å². The number of hydrogen-bond acceptors (Lipinski definition) is 15. The van der Waals surface area contributed by atoms with Gasteiger partial charge in [-0.2, -0.15) is 26.3 Å². The van der Waals surface area contributed by atoms with Gasteiger partial charge >= 0.3 is 30.4 Å². The van der Waals surface area contributed by atoms with Gasteiger partial charge in [-0.25, -0.2) is 0 Å². The van der Waals surface area contributed by atoms with E-state index in [1.807, 2.05) is 0 Å². The second-order valence-electron chi connectivity index (χ2n) is 21.8. The summed E-state index contributed by atoms with van der Waals surface area (Å²) in [4.78, 5) is 25.7. The van der Waals surface area contributed by atoms with Gasteiger partial charge in [-0.05, 0) is 225 Å². The summed E-state index contributed by atoms with van der Waals surface area (Å²) >= 11 is 0. The zero-order valence-electron chi connectivity index (χ0n) is 51.0. The van der Waals surface area contributed by atoms with E-state index in [1.165, 1.54) is 78.9 Å². The minimum absolute atomic E-state index is 0.0116. The SMILES string of the molecule is CC(C)O[Si](Oc1ccc(Oc2ccc(-c3ccc(P=O)c(-c4ccc(Oc5ccc(O[Si](OC(C)C)(OC(C)C)OC(C)CNC(=O)c6ccc(N)cc6)cc5)c(C(F)(F)F)c4)c3)cc2C(F)(F)F)cc1)(OC(C)C)OC(C)CNC(=O)c1ccc(N)cc1. The Morgan fingerprint density at radius 2 is 0.778 bits per heavy atom. The van der Waals surface area contributed by atoms with Gasteiger partial charge in [-0.3, -0.25) is 14.2 Å². The Kier molecular flexibility index (Phi) is 23.4. The smallest absolute Gasteiger partial charge is 0.480 e. The molecule has 0 radical (unpaired) electrons. The van der Waals surface area contributed by atoms with E-state index in [0.29, 0.717) is 22.5 Å². The first-order valence-electron chi connectivity index (χ1n) is 28.6. The molecule has 0 bridgehead atoms. The molecule has 0 saturated heterocycles. The molecular formula is C64H71F6N4O13PSi2. The lowest BCUT2D eigenvalue weighted by Crippen LogP contribution is -2.57. The number of nitrogen functional groups attached to an aromatic ring is 2. The molecule has 7 aromatic carbocycles. The van der Waals surface area contributed by atoms with E-state index in [1.54, 1.807) is 118 Å². The summed E-state index contributed by atoms with van der Waals surface area (Å²) in [5.74, 6) is -1.61. The lowest BCUT2D eigenvalue weighted by molar-refractivity contribution is -0.139. The van der Waals surface area contributed by atoms with E-state index in [9.17, 15) is 27.3 Å². The molecule has 7 aromatic rings. The van der Waals surface area contributed by atoms with Gasteiger partial charge in [0.2, 0.25) is 0 Å². The third-order valence-electron chi connectivity index (χ3n) is 12.6. The fourth-order valence-corrected chi connectivity index (χ4v) is 14.1. The highest BCUT2D eigenvalue weighted by Gasteiger charge is 2.53. The molecule has 90 heavy (non-hydrogen) atoms. The molecule has 0 aromatic heterocycles. The van der Waals surface area contributed by atoms with Crippen molar-refractivity contribution in [1.82, 2.24) is 10.6 Å². The van der Waals surface area contributed by atoms with Crippen molar-refractivity contribution in [2.45, 2.75) is 118 Å². The van der Waals surface area contributed by atoms with Gasteiger partial charge < -0.3 is 67.0 Å². The molecular weight excluding hydrogens is 1230 g/mol. The van der Waals surface area contributed by atoms with Crippen LogP contribution in [0.2, 0.25) is 0 Å². The molecule has 6 N–H and O–H groups in total. The summed E-state index contributed by atoms with van der Waals surface area (Å²) < 4.78 is 164. The molecule has 0 aliphatic carbocycles. The average molecular weight is 1310 g/mol. The molecule has 0 heterocycles. The fourth-order valence-electron chi connectivity index (χ4n) is 8.74. The van der Waals surface area contributed by atoms with Crippen LogP contribution in [0.3, 0.4) is 0 Å². The predicted molar refractivity (Wildman–Crippen MR) is 333 cm³/mol. The van der Waals surface area contributed by atoms with Crippen LogP contribution in [0.4, 0.5) is 37.7 Å². The molecule has 2 atom stereocenters. The number of rotatable bonds is 29. The molecule has 0 aliphatic heterocycles. The number of alkyl halides is 6.